The molecular formula is C28H29F2N3O3. The normalized spacial score (nSPS) is 13.8. The molecule has 0 spiro atoms. The van der Waals surface area contributed by atoms with Crippen molar-refractivity contribution in [3.63, 3.8) is 0 Å². The van der Waals surface area contributed by atoms with Crippen molar-refractivity contribution in [2.75, 3.05) is 31.6 Å². The van der Waals surface area contributed by atoms with Gasteiger partial charge in [-0.1, -0.05) is 30.3 Å². The van der Waals surface area contributed by atoms with E-state index in [4.69, 9.17) is 4.74 Å². The molecule has 1 fully saturated rings. The molecular weight excluding hydrogens is 464 g/mol. The van der Waals surface area contributed by atoms with Gasteiger partial charge in [-0.05, 0) is 55.2 Å². The van der Waals surface area contributed by atoms with Crippen molar-refractivity contribution in [3.05, 3.63) is 95.1 Å². The van der Waals surface area contributed by atoms with Gasteiger partial charge in [0.05, 0.1) is 18.2 Å². The molecule has 3 aromatic carbocycles. The van der Waals surface area contributed by atoms with Crippen molar-refractivity contribution < 1.29 is 23.1 Å². The predicted octanol–water partition coefficient (Wildman–Crippen LogP) is 4.34. The van der Waals surface area contributed by atoms with Gasteiger partial charge in [0.2, 0.25) is 0 Å². The van der Waals surface area contributed by atoms with Crippen LogP contribution in [0.1, 0.15) is 39.1 Å². The van der Waals surface area contributed by atoms with E-state index in [0.717, 1.165) is 29.1 Å². The molecule has 36 heavy (non-hydrogen) atoms. The molecule has 0 radical (unpaired) electrons. The fourth-order valence-corrected chi connectivity index (χ4v) is 4.46. The molecule has 2 N–H and O–H groups in total. The van der Waals surface area contributed by atoms with Gasteiger partial charge in [0.15, 0.2) is 0 Å². The van der Waals surface area contributed by atoms with Gasteiger partial charge >= 0.3 is 0 Å². The molecule has 0 saturated carbocycles. The molecule has 8 heteroatoms. The Bertz CT molecular complexity index is 1230. The van der Waals surface area contributed by atoms with Crippen LogP contribution < -0.4 is 20.3 Å². The Kier molecular flexibility index (Phi) is 8.15. The molecule has 3 aromatic rings. The number of anilines is 1. The second kappa shape index (κ2) is 11.7. The summed E-state index contributed by atoms with van der Waals surface area (Å²) < 4.78 is 32.4. The van der Waals surface area contributed by atoms with Crippen molar-refractivity contribution >= 4 is 17.5 Å². The Hall–Kier alpha value is -3.94. The summed E-state index contributed by atoms with van der Waals surface area (Å²) in [6, 6.07) is 18.0. The fraction of sp³-hybridized carbons (Fsp3) is 0.286. The number of nitrogens with one attached hydrogen (secondary N) is 2. The number of nitrogens with zero attached hydrogens (tertiary/aromatic N) is 1. The maximum Gasteiger partial charge on any atom is 0.254 e. The number of ether oxygens (including phenoxy) is 1. The van der Waals surface area contributed by atoms with Crippen LogP contribution in [-0.2, 0) is 6.42 Å². The Morgan fingerprint density at radius 1 is 0.944 bits per heavy atom. The summed E-state index contributed by atoms with van der Waals surface area (Å²) in [5.74, 6) is -1.51. The van der Waals surface area contributed by atoms with Crippen LogP contribution in [0.3, 0.4) is 0 Å². The molecule has 4 rings (SSSR count). The summed E-state index contributed by atoms with van der Waals surface area (Å²) in [5, 5.41) is 5.84. The largest absolute Gasteiger partial charge is 0.496 e. The quantitative estimate of drug-likeness (QED) is 0.490. The van der Waals surface area contributed by atoms with Crippen LogP contribution in [0, 0.1) is 11.6 Å². The molecule has 1 heterocycles. The summed E-state index contributed by atoms with van der Waals surface area (Å²) >= 11 is 0. The lowest BCUT2D eigenvalue weighted by atomic mass is 10.0. The lowest BCUT2D eigenvalue weighted by molar-refractivity contribution is 0.0925. The number of rotatable bonds is 8. The maximum atomic E-state index is 13.9. The molecule has 0 atom stereocenters. The van der Waals surface area contributed by atoms with E-state index in [1.54, 1.807) is 13.2 Å². The van der Waals surface area contributed by atoms with Crippen LogP contribution in [0.2, 0.25) is 0 Å². The number of para-hydroxylation sites is 2. The van der Waals surface area contributed by atoms with Crippen molar-refractivity contribution in [3.8, 4) is 5.75 Å². The summed E-state index contributed by atoms with van der Waals surface area (Å²) in [6.45, 7) is 1.73. The van der Waals surface area contributed by atoms with Gasteiger partial charge in [-0.25, -0.2) is 8.78 Å². The number of hydrogen-bond donors (Lipinski definition) is 2. The Balaban J connectivity index is 1.33. The Labute approximate surface area is 209 Å². The highest BCUT2D eigenvalue weighted by Gasteiger charge is 2.25. The Morgan fingerprint density at radius 2 is 1.67 bits per heavy atom. The van der Waals surface area contributed by atoms with Crippen LogP contribution in [-0.4, -0.2) is 44.6 Å². The molecule has 0 unspecified atom stereocenters. The molecule has 0 aromatic heterocycles. The lowest BCUT2D eigenvalue weighted by Crippen LogP contribution is -2.45. The van der Waals surface area contributed by atoms with Gasteiger partial charge in [0.1, 0.15) is 17.4 Å². The number of carbonyl (C=O) groups is 2. The molecule has 1 aliphatic rings. The molecule has 0 bridgehead atoms. The van der Waals surface area contributed by atoms with Gasteiger partial charge in [-0.15, -0.1) is 0 Å². The third-order valence-electron chi connectivity index (χ3n) is 6.37. The number of amides is 2. The zero-order valence-corrected chi connectivity index (χ0v) is 20.1. The number of methoxy groups -OCH3 is 1. The van der Waals surface area contributed by atoms with E-state index in [1.807, 2.05) is 42.5 Å². The van der Waals surface area contributed by atoms with Gasteiger partial charge in [-0.3, -0.25) is 9.59 Å². The number of halogens is 2. The summed E-state index contributed by atoms with van der Waals surface area (Å²) in [6.07, 6.45) is 1.92. The van der Waals surface area contributed by atoms with E-state index in [0.29, 0.717) is 50.5 Å². The van der Waals surface area contributed by atoms with Crippen LogP contribution in [0.15, 0.2) is 66.7 Å². The molecule has 2 amide bonds. The van der Waals surface area contributed by atoms with Gasteiger partial charge in [0.25, 0.3) is 11.8 Å². The number of piperidine rings is 1. The third-order valence-corrected chi connectivity index (χ3v) is 6.37. The summed E-state index contributed by atoms with van der Waals surface area (Å²) in [5.41, 5.74) is 2.28. The smallest absolute Gasteiger partial charge is 0.254 e. The topological polar surface area (TPSA) is 70.7 Å². The molecule has 0 aliphatic carbocycles. The number of benzene rings is 3. The number of hydrogen-bond acceptors (Lipinski definition) is 4. The van der Waals surface area contributed by atoms with E-state index in [1.165, 1.54) is 0 Å². The monoisotopic (exact) mass is 493 g/mol. The first-order valence-electron chi connectivity index (χ1n) is 12.0. The zero-order valence-electron chi connectivity index (χ0n) is 20.1. The van der Waals surface area contributed by atoms with Gasteiger partial charge in [0, 0.05) is 37.4 Å². The fourth-order valence-electron chi connectivity index (χ4n) is 4.46. The van der Waals surface area contributed by atoms with Crippen LogP contribution in [0.4, 0.5) is 14.5 Å². The van der Waals surface area contributed by atoms with Gasteiger partial charge in [-0.2, -0.15) is 0 Å². The average molecular weight is 494 g/mol. The van der Waals surface area contributed by atoms with Crippen LogP contribution in [0.5, 0.6) is 5.75 Å². The number of carbonyl (C=O) groups excluding carboxylic acids is 2. The Morgan fingerprint density at radius 3 is 2.42 bits per heavy atom. The van der Waals surface area contributed by atoms with Crippen LogP contribution >= 0.6 is 0 Å². The molecule has 1 aliphatic heterocycles. The van der Waals surface area contributed by atoms with Crippen molar-refractivity contribution in [2.24, 2.45) is 0 Å². The van der Waals surface area contributed by atoms with Crippen LogP contribution in [0.25, 0.3) is 0 Å². The maximum absolute atomic E-state index is 13.9. The minimum atomic E-state index is -0.879. The van der Waals surface area contributed by atoms with E-state index in [9.17, 15) is 18.4 Å². The third kappa shape index (κ3) is 6.00. The van der Waals surface area contributed by atoms with E-state index < -0.39 is 17.5 Å². The second-order valence-electron chi connectivity index (χ2n) is 8.69. The minimum Gasteiger partial charge on any atom is -0.496 e. The molecule has 6 nitrogen and oxygen atoms in total. The highest BCUT2D eigenvalue weighted by molar-refractivity contribution is 6.00. The molecule has 188 valence electrons. The van der Waals surface area contributed by atoms with Crippen molar-refractivity contribution in [1.29, 1.82) is 0 Å². The summed E-state index contributed by atoms with van der Waals surface area (Å²) in [7, 11) is 1.63. The standard InChI is InChI=1S/C28H29F2N3O3/c1-36-26-9-5-2-6-19(26)12-15-31-27(34)23-7-3-4-8-25(23)33-16-13-21(14-17-33)32-28(35)22-11-10-20(29)18-24(22)30/h2-11,18,21H,12-17H2,1H3,(H,31,34)(H,32,35). The second-order valence-corrected chi connectivity index (χ2v) is 8.69. The van der Waals surface area contributed by atoms with E-state index >= 15 is 0 Å². The van der Waals surface area contributed by atoms with Gasteiger partial charge < -0.3 is 20.3 Å². The van der Waals surface area contributed by atoms with Crippen molar-refractivity contribution in [2.45, 2.75) is 25.3 Å². The lowest BCUT2D eigenvalue weighted by Gasteiger charge is -2.35. The van der Waals surface area contributed by atoms with E-state index in [2.05, 4.69) is 15.5 Å². The van der Waals surface area contributed by atoms with Crippen molar-refractivity contribution in [1.82, 2.24) is 10.6 Å². The SMILES string of the molecule is COc1ccccc1CCNC(=O)c1ccccc1N1CCC(NC(=O)c2ccc(F)cc2F)CC1. The predicted molar refractivity (Wildman–Crippen MR) is 135 cm³/mol. The summed E-state index contributed by atoms with van der Waals surface area (Å²) in [4.78, 5) is 27.5. The first-order valence-corrected chi connectivity index (χ1v) is 12.0. The minimum absolute atomic E-state index is 0.139. The molecule has 1 saturated heterocycles. The van der Waals surface area contributed by atoms with E-state index in [-0.39, 0.29) is 17.5 Å². The first kappa shape index (κ1) is 25.2. The zero-order chi connectivity index (χ0) is 25.5. The highest BCUT2D eigenvalue weighted by atomic mass is 19.1. The first-order chi connectivity index (χ1) is 17.5. The average Bonchev–Trinajstić information content (AvgIpc) is 2.89. The highest BCUT2D eigenvalue weighted by Crippen LogP contribution is 2.25.